The quantitative estimate of drug-likeness (QED) is 0.185. The summed E-state index contributed by atoms with van der Waals surface area (Å²) in [4.78, 5) is 26.4. The van der Waals surface area contributed by atoms with Crippen molar-refractivity contribution < 1.29 is 9.18 Å². The summed E-state index contributed by atoms with van der Waals surface area (Å²) in [6.45, 7) is 3.22. The number of anilines is 4. The highest BCUT2D eigenvalue weighted by atomic mass is 35.5. The van der Waals surface area contributed by atoms with Crippen molar-refractivity contribution in [2.75, 3.05) is 16.0 Å². The standard InChI is InChI=1S/C28H25ClFN7OS/c1-15-12-37(16(2)33-15)21-8-17(11-30)7-20(9-21)34-19-5-6-23(29)24(10-19)36-28(38)22-13-39-26-25(22)31-14-32-27(26)35-18-3-4-18/h5-10,12-14,18,34H,3-4,11H2,1-2H3,(H,36,38)(H,31,32,35). The summed E-state index contributed by atoms with van der Waals surface area (Å²) in [6.07, 6.45) is 5.63. The number of aromatic nitrogens is 4. The number of hydrogen-bond donors (Lipinski definition) is 3. The average molecular weight is 562 g/mol. The van der Waals surface area contributed by atoms with Crippen LogP contribution < -0.4 is 16.0 Å². The lowest BCUT2D eigenvalue weighted by molar-refractivity contribution is 0.102. The van der Waals surface area contributed by atoms with Crippen molar-refractivity contribution in [1.29, 1.82) is 0 Å². The van der Waals surface area contributed by atoms with Crippen LogP contribution in [0.2, 0.25) is 5.02 Å². The smallest absolute Gasteiger partial charge is 0.258 e. The molecule has 0 atom stereocenters. The molecule has 1 aliphatic carbocycles. The molecule has 1 amide bonds. The Morgan fingerprint density at radius 3 is 2.74 bits per heavy atom. The molecule has 3 aromatic heterocycles. The van der Waals surface area contributed by atoms with Crippen molar-refractivity contribution in [3.63, 3.8) is 0 Å². The zero-order valence-electron chi connectivity index (χ0n) is 21.3. The average Bonchev–Trinajstić information content (AvgIpc) is 3.51. The minimum absolute atomic E-state index is 0.316. The molecule has 1 fully saturated rings. The Labute approximate surface area is 233 Å². The molecule has 3 heterocycles. The van der Waals surface area contributed by atoms with Gasteiger partial charge in [-0.1, -0.05) is 11.6 Å². The van der Waals surface area contributed by atoms with Gasteiger partial charge in [-0.2, -0.15) is 0 Å². The number of nitrogens with zero attached hydrogens (tertiary/aromatic N) is 4. The Morgan fingerprint density at radius 1 is 1.15 bits per heavy atom. The summed E-state index contributed by atoms with van der Waals surface area (Å²) in [5, 5.41) is 11.8. The van der Waals surface area contributed by atoms with E-state index < -0.39 is 6.67 Å². The van der Waals surface area contributed by atoms with Gasteiger partial charge in [0.05, 0.1) is 32.2 Å². The SMILES string of the molecule is Cc1cn(-c2cc(CF)cc(Nc3ccc(Cl)c(NC(=O)c4csc5c(NC6CC6)ncnc45)c3)c2)c(C)n1. The predicted octanol–water partition coefficient (Wildman–Crippen LogP) is 7.19. The molecule has 5 aromatic rings. The van der Waals surface area contributed by atoms with E-state index in [0.29, 0.717) is 44.8 Å². The van der Waals surface area contributed by atoms with E-state index in [1.165, 1.54) is 17.7 Å². The topological polar surface area (TPSA) is 96.8 Å². The van der Waals surface area contributed by atoms with Crippen molar-refractivity contribution in [3.8, 4) is 5.69 Å². The first-order chi connectivity index (χ1) is 18.9. The van der Waals surface area contributed by atoms with E-state index in [4.69, 9.17) is 11.6 Å². The second-order valence-electron chi connectivity index (χ2n) is 9.56. The van der Waals surface area contributed by atoms with Crippen LogP contribution in [0.1, 0.15) is 40.3 Å². The first-order valence-corrected chi connectivity index (χ1v) is 13.7. The van der Waals surface area contributed by atoms with Crippen LogP contribution in [0, 0.1) is 13.8 Å². The second-order valence-corrected chi connectivity index (χ2v) is 10.8. The van der Waals surface area contributed by atoms with Crippen LogP contribution in [-0.2, 0) is 6.67 Å². The van der Waals surface area contributed by atoms with E-state index in [1.807, 2.05) is 30.7 Å². The third-order valence-electron chi connectivity index (χ3n) is 6.43. The first kappa shape index (κ1) is 25.3. The summed E-state index contributed by atoms with van der Waals surface area (Å²) in [5.74, 6) is 1.25. The number of carbonyl (C=O) groups excluding carboxylic acids is 1. The highest BCUT2D eigenvalue weighted by Crippen LogP contribution is 2.34. The number of alkyl halides is 1. The number of fused-ring (bicyclic) bond motifs is 1. The predicted molar refractivity (Wildman–Crippen MR) is 155 cm³/mol. The van der Waals surface area contributed by atoms with Gasteiger partial charge in [-0.15, -0.1) is 11.3 Å². The Kier molecular flexibility index (Phi) is 6.66. The van der Waals surface area contributed by atoms with Crippen LogP contribution in [-0.4, -0.2) is 31.5 Å². The number of aryl methyl sites for hydroxylation is 2. The van der Waals surface area contributed by atoms with Gasteiger partial charge in [-0.05, 0) is 68.7 Å². The number of imidazole rings is 1. The fraction of sp³-hybridized carbons (Fsp3) is 0.214. The lowest BCUT2D eigenvalue weighted by Crippen LogP contribution is -2.12. The number of nitrogens with one attached hydrogen (secondary N) is 3. The van der Waals surface area contributed by atoms with Gasteiger partial charge >= 0.3 is 0 Å². The van der Waals surface area contributed by atoms with Crippen LogP contribution in [0.3, 0.4) is 0 Å². The lowest BCUT2D eigenvalue weighted by Gasteiger charge is -2.14. The van der Waals surface area contributed by atoms with E-state index in [2.05, 4.69) is 30.9 Å². The first-order valence-electron chi connectivity index (χ1n) is 12.5. The fourth-order valence-electron chi connectivity index (χ4n) is 4.43. The molecule has 1 saturated carbocycles. The summed E-state index contributed by atoms with van der Waals surface area (Å²) in [5.41, 5.74) is 5.09. The molecule has 0 unspecified atom stereocenters. The summed E-state index contributed by atoms with van der Waals surface area (Å²) in [7, 11) is 0. The van der Waals surface area contributed by atoms with Crippen LogP contribution in [0.5, 0.6) is 0 Å². The van der Waals surface area contributed by atoms with Crippen molar-refractivity contribution in [2.45, 2.75) is 39.4 Å². The summed E-state index contributed by atoms with van der Waals surface area (Å²) < 4.78 is 16.5. The molecule has 1 aliphatic rings. The third-order valence-corrected chi connectivity index (χ3v) is 7.74. The third kappa shape index (κ3) is 5.30. The highest BCUT2D eigenvalue weighted by Gasteiger charge is 2.24. The fourth-order valence-corrected chi connectivity index (χ4v) is 5.55. The van der Waals surface area contributed by atoms with Crippen molar-refractivity contribution in [2.24, 2.45) is 0 Å². The number of carbonyl (C=O) groups is 1. The van der Waals surface area contributed by atoms with Crippen LogP contribution in [0.15, 0.2) is 54.3 Å². The van der Waals surface area contributed by atoms with Gasteiger partial charge in [0.15, 0.2) is 0 Å². The van der Waals surface area contributed by atoms with E-state index in [1.54, 1.807) is 35.7 Å². The van der Waals surface area contributed by atoms with E-state index in [9.17, 15) is 9.18 Å². The maximum Gasteiger partial charge on any atom is 0.258 e. The van der Waals surface area contributed by atoms with E-state index in [0.717, 1.165) is 40.6 Å². The number of benzene rings is 2. The number of rotatable bonds is 8. The highest BCUT2D eigenvalue weighted by molar-refractivity contribution is 7.18. The number of thiophene rings is 1. The van der Waals surface area contributed by atoms with Crippen LogP contribution in [0.4, 0.5) is 27.3 Å². The molecule has 0 spiro atoms. The molecule has 198 valence electrons. The molecular formula is C28H25ClFN7OS. The second kappa shape index (κ2) is 10.3. The molecule has 2 aromatic carbocycles. The molecule has 8 nitrogen and oxygen atoms in total. The van der Waals surface area contributed by atoms with Gasteiger partial charge in [0.25, 0.3) is 5.91 Å². The summed E-state index contributed by atoms with van der Waals surface area (Å²) >= 11 is 7.88. The van der Waals surface area contributed by atoms with Gasteiger partial charge in [0.2, 0.25) is 0 Å². The Hall–Kier alpha value is -4.02. The molecule has 0 saturated heterocycles. The lowest BCUT2D eigenvalue weighted by atomic mass is 10.1. The molecule has 0 aliphatic heterocycles. The van der Waals surface area contributed by atoms with Gasteiger partial charge in [-0.25, -0.2) is 19.3 Å². The number of amides is 1. The Balaban J connectivity index is 1.25. The maximum atomic E-state index is 13.7. The monoisotopic (exact) mass is 561 g/mol. The normalized spacial score (nSPS) is 13.0. The molecule has 6 rings (SSSR count). The maximum absolute atomic E-state index is 13.7. The van der Waals surface area contributed by atoms with E-state index >= 15 is 0 Å². The van der Waals surface area contributed by atoms with Crippen molar-refractivity contribution >= 4 is 61.9 Å². The van der Waals surface area contributed by atoms with Gasteiger partial charge < -0.3 is 20.5 Å². The van der Waals surface area contributed by atoms with Crippen LogP contribution in [0.25, 0.3) is 15.9 Å². The Morgan fingerprint density at radius 2 is 2.00 bits per heavy atom. The zero-order valence-corrected chi connectivity index (χ0v) is 22.8. The molecular weight excluding hydrogens is 537 g/mol. The summed E-state index contributed by atoms with van der Waals surface area (Å²) in [6, 6.07) is 11.2. The molecule has 11 heteroatoms. The van der Waals surface area contributed by atoms with Gasteiger partial charge in [0, 0.05) is 34.7 Å². The number of halogens is 2. The van der Waals surface area contributed by atoms with Gasteiger partial charge in [-0.3, -0.25) is 4.79 Å². The van der Waals surface area contributed by atoms with Crippen LogP contribution >= 0.6 is 22.9 Å². The molecule has 3 N–H and O–H groups in total. The zero-order chi connectivity index (χ0) is 27.1. The minimum atomic E-state index is -0.604. The molecule has 0 bridgehead atoms. The molecule has 0 radical (unpaired) electrons. The number of hydrogen-bond acceptors (Lipinski definition) is 7. The van der Waals surface area contributed by atoms with Crippen molar-refractivity contribution in [1.82, 2.24) is 19.5 Å². The van der Waals surface area contributed by atoms with E-state index in [-0.39, 0.29) is 5.91 Å². The Bertz CT molecular complexity index is 1710. The largest absolute Gasteiger partial charge is 0.366 e. The minimum Gasteiger partial charge on any atom is -0.366 e. The molecule has 39 heavy (non-hydrogen) atoms. The van der Waals surface area contributed by atoms with Crippen molar-refractivity contribution in [3.05, 3.63) is 82.0 Å². The van der Waals surface area contributed by atoms with Gasteiger partial charge in [0.1, 0.15) is 24.6 Å².